The second-order valence-corrected chi connectivity index (χ2v) is 7.68. The molecule has 2 aliphatic rings. The maximum atomic E-state index is 12.8. The molecule has 0 aromatic rings. The Kier molecular flexibility index (Phi) is 7.22. The molecule has 0 spiro atoms. The molecule has 1 fully saturated rings. The van der Waals surface area contributed by atoms with Crippen molar-refractivity contribution in [2.75, 3.05) is 0 Å². The number of nitrogens with one attached hydrogen (secondary N) is 1. The van der Waals surface area contributed by atoms with Gasteiger partial charge in [-0.3, -0.25) is 14.9 Å². The number of carbonyl (C=O) groups excluding carboxylic acids is 1. The van der Waals surface area contributed by atoms with E-state index in [9.17, 15) is 14.9 Å². The number of ketones is 1. The van der Waals surface area contributed by atoms with E-state index in [1.165, 1.54) is 37.1 Å². The molecule has 0 saturated heterocycles. The molecule has 0 aromatic heterocycles. The van der Waals surface area contributed by atoms with Crippen LogP contribution in [0.2, 0.25) is 0 Å². The Hall–Kier alpha value is -1.64. The van der Waals surface area contributed by atoms with Crippen LogP contribution in [0.3, 0.4) is 0 Å². The summed E-state index contributed by atoms with van der Waals surface area (Å²) in [5.74, 6) is -0.408. The van der Waals surface area contributed by atoms with Crippen LogP contribution in [0.25, 0.3) is 0 Å². The van der Waals surface area contributed by atoms with E-state index in [4.69, 9.17) is 11.5 Å². The highest BCUT2D eigenvalue weighted by Crippen LogP contribution is 2.29. The lowest BCUT2D eigenvalue weighted by molar-refractivity contribution is -0.428. The third kappa shape index (κ3) is 5.42. The topological polar surface area (TPSA) is 124 Å². The SMILES string of the molecule is C=C(NC1CCCCC1)SC(C(=O)C1=C([N+](=O)[O-])CCC=C1)C(N)N. The third-order valence-electron chi connectivity index (χ3n) is 4.48. The molecule has 2 rings (SSSR count). The standard InChI is InChI=1S/C17H26N4O3S/c1-11(20-12-7-3-2-4-8-12)25-16(17(18)19)15(22)13-9-5-6-10-14(13)21(23)24/h5,9,12,16-17,20H,1-4,6-8,10,18-19H2. The molecule has 0 aromatic carbocycles. The summed E-state index contributed by atoms with van der Waals surface area (Å²) in [6.07, 6.45) is 8.89. The molecule has 0 radical (unpaired) electrons. The van der Waals surface area contributed by atoms with Gasteiger partial charge in [0.15, 0.2) is 5.78 Å². The molecular weight excluding hydrogens is 340 g/mol. The number of hydrogen-bond donors (Lipinski definition) is 3. The van der Waals surface area contributed by atoms with Crippen molar-refractivity contribution in [2.45, 2.75) is 62.4 Å². The van der Waals surface area contributed by atoms with Crippen LogP contribution >= 0.6 is 11.8 Å². The zero-order valence-corrected chi connectivity index (χ0v) is 15.1. The lowest BCUT2D eigenvalue weighted by Crippen LogP contribution is -2.46. The van der Waals surface area contributed by atoms with Crippen LogP contribution in [0, 0.1) is 10.1 Å². The smallest absolute Gasteiger partial charge is 0.257 e. The van der Waals surface area contributed by atoms with Crippen LogP contribution < -0.4 is 16.8 Å². The number of hydrogen-bond acceptors (Lipinski definition) is 7. The zero-order chi connectivity index (χ0) is 18.4. The Bertz CT molecular complexity index is 595. The first-order valence-corrected chi connectivity index (χ1v) is 9.49. The summed E-state index contributed by atoms with van der Waals surface area (Å²) < 4.78 is 0. The molecule has 0 amide bonds. The van der Waals surface area contributed by atoms with Crippen molar-refractivity contribution in [2.24, 2.45) is 11.5 Å². The molecule has 0 bridgehead atoms. The van der Waals surface area contributed by atoms with E-state index in [0.717, 1.165) is 12.8 Å². The monoisotopic (exact) mass is 366 g/mol. The van der Waals surface area contributed by atoms with E-state index in [1.807, 2.05) is 0 Å². The van der Waals surface area contributed by atoms with Gasteiger partial charge < -0.3 is 16.8 Å². The quantitative estimate of drug-likeness (QED) is 0.341. The van der Waals surface area contributed by atoms with Crippen molar-refractivity contribution in [3.8, 4) is 0 Å². The maximum absolute atomic E-state index is 12.8. The van der Waals surface area contributed by atoms with Crippen LogP contribution in [-0.4, -0.2) is 28.2 Å². The van der Waals surface area contributed by atoms with Gasteiger partial charge in [-0.1, -0.05) is 43.7 Å². The van der Waals surface area contributed by atoms with Crippen molar-refractivity contribution in [3.63, 3.8) is 0 Å². The number of allylic oxidation sites excluding steroid dienone is 4. The van der Waals surface area contributed by atoms with Crippen LogP contribution in [0.1, 0.15) is 44.9 Å². The normalized spacial score (nSPS) is 19.8. The largest absolute Gasteiger partial charge is 0.378 e. The van der Waals surface area contributed by atoms with Gasteiger partial charge in [0.2, 0.25) is 0 Å². The number of carbonyl (C=O) groups is 1. The van der Waals surface area contributed by atoms with Crippen molar-refractivity contribution in [3.05, 3.63) is 45.1 Å². The van der Waals surface area contributed by atoms with E-state index < -0.39 is 22.1 Å². The van der Waals surface area contributed by atoms with Crippen molar-refractivity contribution < 1.29 is 9.72 Å². The first kappa shape index (κ1) is 19.7. The van der Waals surface area contributed by atoms with Crippen molar-refractivity contribution in [1.29, 1.82) is 0 Å². The highest BCUT2D eigenvalue weighted by atomic mass is 32.2. The molecule has 25 heavy (non-hydrogen) atoms. The minimum absolute atomic E-state index is 0.0652. The van der Waals surface area contributed by atoms with E-state index in [1.54, 1.807) is 6.08 Å². The first-order valence-electron chi connectivity index (χ1n) is 8.61. The van der Waals surface area contributed by atoms with Gasteiger partial charge >= 0.3 is 0 Å². The first-order chi connectivity index (χ1) is 11.9. The molecular formula is C17H26N4O3S. The Morgan fingerprint density at radius 1 is 1.36 bits per heavy atom. The predicted molar refractivity (Wildman–Crippen MR) is 100 cm³/mol. The average molecular weight is 366 g/mol. The van der Waals surface area contributed by atoms with Gasteiger partial charge in [0.05, 0.1) is 21.7 Å². The van der Waals surface area contributed by atoms with Gasteiger partial charge in [0, 0.05) is 12.5 Å². The molecule has 138 valence electrons. The summed E-state index contributed by atoms with van der Waals surface area (Å²) in [5.41, 5.74) is 11.6. The number of thioether (sulfide) groups is 1. The minimum atomic E-state index is -0.932. The third-order valence-corrected chi connectivity index (χ3v) is 5.66. The summed E-state index contributed by atoms with van der Waals surface area (Å²) >= 11 is 1.17. The summed E-state index contributed by atoms with van der Waals surface area (Å²) in [7, 11) is 0. The lowest BCUT2D eigenvalue weighted by Gasteiger charge is -2.27. The Morgan fingerprint density at radius 3 is 2.64 bits per heavy atom. The average Bonchev–Trinajstić information content (AvgIpc) is 2.59. The Morgan fingerprint density at radius 2 is 2.04 bits per heavy atom. The minimum Gasteiger partial charge on any atom is -0.378 e. The van der Waals surface area contributed by atoms with Gasteiger partial charge in [-0.05, 0) is 25.3 Å². The molecule has 0 aliphatic heterocycles. The Labute approximate surface area is 152 Å². The molecule has 1 atom stereocenters. The van der Waals surface area contributed by atoms with E-state index in [2.05, 4.69) is 11.9 Å². The summed E-state index contributed by atoms with van der Waals surface area (Å²) in [6.45, 7) is 3.97. The van der Waals surface area contributed by atoms with Crippen LogP contribution in [0.5, 0.6) is 0 Å². The lowest BCUT2D eigenvalue weighted by atomic mass is 9.96. The van der Waals surface area contributed by atoms with Crippen LogP contribution in [0.15, 0.2) is 35.0 Å². The maximum Gasteiger partial charge on any atom is 0.257 e. The van der Waals surface area contributed by atoms with Gasteiger partial charge in [-0.25, -0.2) is 0 Å². The molecule has 2 aliphatic carbocycles. The second-order valence-electron chi connectivity index (χ2n) is 6.44. The van der Waals surface area contributed by atoms with Crippen molar-refractivity contribution >= 4 is 17.5 Å². The highest BCUT2D eigenvalue weighted by Gasteiger charge is 2.33. The fraction of sp³-hybridized carbons (Fsp3) is 0.588. The fourth-order valence-corrected chi connectivity index (χ4v) is 4.12. The molecule has 1 unspecified atom stereocenters. The van der Waals surface area contributed by atoms with E-state index >= 15 is 0 Å². The fourth-order valence-electron chi connectivity index (χ4n) is 3.19. The summed E-state index contributed by atoms with van der Waals surface area (Å²) in [4.78, 5) is 23.5. The highest BCUT2D eigenvalue weighted by molar-refractivity contribution is 8.04. The number of nitrogens with zero attached hydrogens (tertiary/aromatic N) is 1. The molecule has 8 heteroatoms. The Balaban J connectivity index is 2.08. The number of nitro groups is 1. The van der Waals surface area contributed by atoms with E-state index in [0.29, 0.717) is 17.5 Å². The molecule has 5 N–H and O–H groups in total. The summed E-state index contributed by atoms with van der Waals surface area (Å²) in [5, 5.41) is 14.4. The van der Waals surface area contributed by atoms with Gasteiger partial charge in [-0.2, -0.15) is 0 Å². The molecule has 7 nitrogen and oxygen atoms in total. The van der Waals surface area contributed by atoms with Gasteiger partial charge in [0.1, 0.15) is 5.25 Å². The zero-order valence-electron chi connectivity index (χ0n) is 14.3. The number of rotatable bonds is 8. The number of nitrogens with two attached hydrogens (primary N) is 2. The van der Waals surface area contributed by atoms with E-state index in [-0.39, 0.29) is 17.7 Å². The second kappa shape index (κ2) is 9.17. The number of Topliss-reactive ketones (excluding diaryl/α,β-unsaturated/α-hetero) is 1. The van der Waals surface area contributed by atoms with Gasteiger partial charge in [0.25, 0.3) is 5.70 Å². The van der Waals surface area contributed by atoms with Crippen LogP contribution in [0.4, 0.5) is 0 Å². The predicted octanol–water partition coefficient (Wildman–Crippen LogP) is 2.18. The van der Waals surface area contributed by atoms with Crippen LogP contribution in [-0.2, 0) is 4.79 Å². The van der Waals surface area contributed by atoms with Crippen molar-refractivity contribution in [1.82, 2.24) is 5.32 Å². The van der Waals surface area contributed by atoms with Gasteiger partial charge in [-0.15, -0.1) is 0 Å². The molecule has 1 saturated carbocycles. The summed E-state index contributed by atoms with van der Waals surface area (Å²) in [6, 6.07) is 0.349. The molecule has 0 heterocycles.